The normalized spacial score (nSPS) is 21.8. The number of carbonyl (C=O) groups is 2. The lowest BCUT2D eigenvalue weighted by Crippen LogP contribution is -2.38. The van der Waals surface area contributed by atoms with Crippen molar-refractivity contribution in [3.63, 3.8) is 0 Å². The maximum atomic E-state index is 13.6. The van der Waals surface area contributed by atoms with Crippen LogP contribution < -0.4 is 9.47 Å². The van der Waals surface area contributed by atoms with E-state index in [4.69, 9.17) is 19.2 Å². The number of hydrogen-bond donors (Lipinski definition) is 1. The largest absolute Gasteiger partial charge is 0.508 e. The van der Waals surface area contributed by atoms with Gasteiger partial charge in [0, 0.05) is 29.3 Å². The number of carbonyl (C=O) groups excluding carboxylic acids is 2. The highest BCUT2D eigenvalue weighted by molar-refractivity contribution is 6.09. The number of ether oxygens (including phenoxy) is 3. The molecule has 3 atom stereocenters. The highest BCUT2D eigenvalue weighted by Gasteiger charge is 2.44. The lowest BCUT2D eigenvalue weighted by atomic mass is 9.69. The summed E-state index contributed by atoms with van der Waals surface area (Å²) in [6, 6.07) is 12.4. The van der Waals surface area contributed by atoms with Crippen molar-refractivity contribution in [2.75, 3.05) is 20.8 Å². The molecule has 1 aliphatic carbocycles. The van der Waals surface area contributed by atoms with Gasteiger partial charge >= 0.3 is 5.97 Å². The summed E-state index contributed by atoms with van der Waals surface area (Å²) >= 11 is 0. The van der Waals surface area contributed by atoms with E-state index in [0.29, 0.717) is 53.5 Å². The molecule has 184 valence electrons. The highest BCUT2D eigenvalue weighted by Crippen LogP contribution is 2.47. The Morgan fingerprint density at radius 1 is 1.06 bits per heavy atom. The average Bonchev–Trinajstić information content (AvgIpc) is 2.85. The predicted octanol–water partition coefficient (Wildman–Crippen LogP) is 4.94. The Morgan fingerprint density at radius 2 is 1.83 bits per heavy atom. The Balaban J connectivity index is 1.76. The van der Waals surface area contributed by atoms with Crippen LogP contribution in [-0.2, 0) is 14.3 Å². The molecule has 0 saturated heterocycles. The molecule has 1 aliphatic heterocycles. The van der Waals surface area contributed by atoms with E-state index in [1.807, 2.05) is 38.1 Å². The first-order valence-electron chi connectivity index (χ1n) is 11.9. The highest BCUT2D eigenvalue weighted by atomic mass is 16.5. The molecule has 7 nitrogen and oxygen atoms in total. The third-order valence-corrected chi connectivity index (χ3v) is 6.70. The average molecular weight is 478 g/mol. The standard InChI is InChI=1S/C28H31NO6/c1-5-11-35-28(32)25-16(2)29-21-13-19(17-9-10-23(33-3)24(15-17)34-4)14-22(31)27(21)26(25)18-7-6-8-20(30)12-18/h6-10,12,15,19,25-26,30H,5,11,13-14H2,1-4H3. The topological polar surface area (TPSA) is 94.4 Å². The molecule has 2 aromatic rings. The molecule has 0 spiro atoms. The van der Waals surface area contributed by atoms with Crippen LogP contribution in [0.2, 0.25) is 0 Å². The van der Waals surface area contributed by atoms with Gasteiger partial charge in [0.1, 0.15) is 11.7 Å². The molecule has 0 radical (unpaired) electrons. The van der Waals surface area contributed by atoms with E-state index in [9.17, 15) is 14.7 Å². The number of benzene rings is 2. The summed E-state index contributed by atoms with van der Waals surface area (Å²) in [4.78, 5) is 31.5. The first-order valence-corrected chi connectivity index (χ1v) is 11.9. The van der Waals surface area contributed by atoms with E-state index in [-0.39, 0.29) is 23.9 Å². The Kier molecular flexibility index (Phi) is 7.24. The summed E-state index contributed by atoms with van der Waals surface area (Å²) in [5.41, 5.74) is 3.50. The summed E-state index contributed by atoms with van der Waals surface area (Å²) in [5.74, 6) is -0.490. The molecule has 4 rings (SSSR count). The van der Waals surface area contributed by atoms with Crippen molar-refractivity contribution in [1.82, 2.24) is 0 Å². The van der Waals surface area contributed by atoms with Gasteiger partial charge in [-0.1, -0.05) is 25.1 Å². The Bertz CT molecular complexity index is 1200. The lowest BCUT2D eigenvalue weighted by Gasteiger charge is -2.36. The van der Waals surface area contributed by atoms with Gasteiger partial charge in [-0.25, -0.2) is 0 Å². The number of ketones is 1. The van der Waals surface area contributed by atoms with Crippen LogP contribution in [0, 0.1) is 5.92 Å². The number of rotatable bonds is 7. The second-order valence-corrected chi connectivity index (χ2v) is 8.97. The van der Waals surface area contributed by atoms with Crippen LogP contribution in [0.5, 0.6) is 17.2 Å². The minimum Gasteiger partial charge on any atom is -0.508 e. The number of esters is 1. The zero-order valence-corrected chi connectivity index (χ0v) is 20.5. The molecule has 2 aromatic carbocycles. The van der Waals surface area contributed by atoms with Gasteiger partial charge in [-0.2, -0.15) is 0 Å². The molecule has 0 bridgehead atoms. The summed E-state index contributed by atoms with van der Waals surface area (Å²) in [5, 5.41) is 10.2. The van der Waals surface area contributed by atoms with E-state index in [1.54, 1.807) is 32.4 Å². The molecule has 0 amide bonds. The second-order valence-electron chi connectivity index (χ2n) is 8.97. The van der Waals surface area contributed by atoms with Gasteiger partial charge in [-0.05, 0) is 61.1 Å². The summed E-state index contributed by atoms with van der Waals surface area (Å²) < 4.78 is 16.3. The molecule has 3 unspecified atom stereocenters. The maximum Gasteiger partial charge on any atom is 0.315 e. The van der Waals surface area contributed by atoms with Gasteiger partial charge in [0.15, 0.2) is 17.3 Å². The van der Waals surface area contributed by atoms with Gasteiger partial charge in [0.2, 0.25) is 0 Å². The molecule has 35 heavy (non-hydrogen) atoms. The zero-order valence-electron chi connectivity index (χ0n) is 20.5. The minimum atomic E-state index is -0.719. The number of hydrogen-bond acceptors (Lipinski definition) is 7. The van der Waals surface area contributed by atoms with Gasteiger partial charge in [0.25, 0.3) is 0 Å². The fourth-order valence-corrected chi connectivity index (χ4v) is 5.08. The van der Waals surface area contributed by atoms with E-state index in [2.05, 4.69) is 0 Å². The van der Waals surface area contributed by atoms with E-state index in [0.717, 1.165) is 5.56 Å². The maximum absolute atomic E-state index is 13.6. The number of phenolic OH excluding ortho intramolecular Hbond substituents is 1. The SMILES string of the molecule is CCCOC(=O)C1C(C)=NC2=C(C(=O)CC(c3ccc(OC)c(OC)c3)C2)C1c1cccc(O)c1. The van der Waals surface area contributed by atoms with Crippen LogP contribution in [0.15, 0.2) is 58.7 Å². The third-order valence-electron chi connectivity index (χ3n) is 6.70. The van der Waals surface area contributed by atoms with E-state index < -0.39 is 17.8 Å². The molecule has 1 N–H and O–H groups in total. The van der Waals surface area contributed by atoms with E-state index >= 15 is 0 Å². The van der Waals surface area contributed by atoms with Crippen LogP contribution in [-0.4, -0.2) is 43.4 Å². The number of aliphatic imine (C=N–C) groups is 1. The quantitative estimate of drug-likeness (QED) is 0.568. The van der Waals surface area contributed by atoms with Crippen LogP contribution >= 0.6 is 0 Å². The molecule has 7 heteroatoms. The Morgan fingerprint density at radius 3 is 2.51 bits per heavy atom. The Hall–Kier alpha value is -3.61. The van der Waals surface area contributed by atoms with Gasteiger partial charge in [-0.15, -0.1) is 0 Å². The summed E-state index contributed by atoms with van der Waals surface area (Å²) in [6.07, 6.45) is 1.54. The molecular formula is C28H31NO6. The van der Waals surface area contributed by atoms with Crippen LogP contribution in [0.4, 0.5) is 0 Å². The van der Waals surface area contributed by atoms with Gasteiger partial charge in [0.05, 0.1) is 20.8 Å². The third kappa shape index (κ3) is 4.81. The molecule has 0 saturated carbocycles. The molecule has 2 aliphatic rings. The number of aromatic hydroxyl groups is 1. The van der Waals surface area contributed by atoms with Crippen molar-refractivity contribution >= 4 is 17.5 Å². The lowest BCUT2D eigenvalue weighted by molar-refractivity contribution is -0.146. The zero-order chi connectivity index (χ0) is 25.1. The fraction of sp³-hybridized carbons (Fsp3) is 0.393. The van der Waals surface area contributed by atoms with Crippen molar-refractivity contribution in [3.8, 4) is 17.2 Å². The number of allylic oxidation sites excluding steroid dienone is 2. The van der Waals surface area contributed by atoms with Gasteiger partial charge < -0.3 is 19.3 Å². The molecule has 0 fully saturated rings. The van der Waals surface area contributed by atoms with Crippen LogP contribution in [0.25, 0.3) is 0 Å². The number of nitrogens with zero attached hydrogens (tertiary/aromatic N) is 1. The number of Topliss-reactive ketones (excluding diaryl/α,β-unsaturated/α-hetero) is 1. The first kappa shape index (κ1) is 24.5. The van der Waals surface area contributed by atoms with Crippen LogP contribution in [0.1, 0.15) is 56.1 Å². The first-order chi connectivity index (χ1) is 16.9. The fourth-order valence-electron chi connectivity index (χ4n) is 5.08. The monoisotopic (exact) mass is 477 g/mol. The van der Waals surface area contributed by atoms with Gasteiger partial charge in [-0.3, -0.25) is 14.6 Å². The molecular weight excluding hydrogens is 446 g/mol. The molecule has 1 heterocycles. The molecule has 0 aromatic heterocycles. The summed E-state index contributed by atoms with van der Waals surface area (Å²) in [7, 11) is 3.17. The Labute approximate surface area is 205 Å². The van der Waals surface area contributed by atoms with Crippen molar-refractivity contribution in [2.45, 2.75) is 44.9 Å². The second kappa shape index (κ2) is 10.3. The van der Waals surface area contributed by atoms with Crippen LogP contribution in [0.3, 0.4) is 0 Å². The predicted molar refractivity (Wildman–Crippen MR) is 132 cm³/mol. The minimum absolute atomic E-state index is 0.0519. The number of phenols is 1. The van der Waals surface area contributed by atoms with E-state index in [1.165, 1.54) is 0 Å². The summed E-state index contributed by atoms with van der Waals surface area (Å²) in [6.45, 7) is 4.04. The van der Waals surface area contributed by atoms with Crippen molar-refractivity contribution in [2.24, 2.45) is 10.9 Å². The van der Waals surface area contributed by atoms with Crippen molar-refractivity contribution in [3.05, 3.63) is 64.9 Å². The van der Waals surface area contributed by atoms with Crippen molar-refractivity contribution in [1.29, 1.82) is 0 Å². The number of methoxy groups -OCH3 is 2. The smallest absolute Gasteiger partial charge is 0.315 e. The van der Waals surface area contributed by atoms with Crippen molar-refractivity contribution < 1.29 is 28.9 Å².